The van der Waals surface area contributed by atoms with Gasteiger partial charge in [0.1, 0.15) is 36.9 Å². The lowest BCUT2D eigenvalue weighted by Gasteiger charge is -2.41. The Bertz CT molecular complexity index is 3090. The van der Waals surface area contributed by atoms with Crippen LogP contribution in [0.2, 0.25) is 0 Å². The first-order valence-electron chi connectivity index (χ1n) is 38.3. The van der Waals surface area contributed by atoms with Crippen LogP contribution in [0.15, 0.2) is 66.7 Å². The van der Waals surface area contributed by atoms with Crippen molar-refractivity contribution in [3.8, 4) is 0 Å². The van der Waals surface area contributed by atoms with Crippen molar-refractivity contribution in [2.24, 2.45) is 35.3 Å². The van der Waals surface area contributed by atoms with Gasteiger partial charge in [-0.1, -0.05) is 123 Å². The Morgan fingerprint density at radius 2 is 1.27 bits per heavy atom. The van der Waals surface area contributed by atoms with E-state index in [9.17, 15) is 53.1 Å². The smallest absolute Gasteiger partial charge is 0.410 e. The van der Waals surface area contributed by atoms with Crippen molar-refractivity contribution in [3.05, 3.63) is 77.9 Å². The van der Waals surface area contributed by atoms with Crippen LogP contribution in [-0.2, 0) is 78.1 Å². The lowest BCUT2D eigenvalue weighted by molar-refractivity contribution is -0.148. The number of primary amides is 1. The quantitative estimate of drug-likeness (QED) is 0.0247. The molecule has 1 fully saturated rings. The van der Waals surface area contributed by atoms with Crippen molar-refractivity contribution in [1.29, 1.82) is 0 Å². The molecule has 2 aromatic rings. The van der Waals surface area contributed by atoms with Crippen LogP contribution in [-0.4, -0.2) is 241 Å². The molecule has 11 amide bonds. The number of nitrogens with two attached hydrogens (primary N) is 1. The predicted molar refractivity (Wildman–Crippen MR) is 407 cm³/mol. The third-order valence-corrected chi connectivity index (χ3v) is 19.6. The molecule has 0 spiro atoms. The van der Waals surface area contributed by atoms with Crippen LogP contribution in [0.5, 0.6) is 0 Å². The van der Waals surface area contributed by atoms with Crippen molar-refractivity contribution in [2.45, 2.75) is 220 Å². The molecule has 0 aromatic heterocycles. The number of carbonyl (C=O) groups excluding carboxylic acids is 10. The van der Waals surface area contributed by atoms with Gasteiger partial charge < -0.3 is 95.8 Å². The molecular formula is C78H127N11O19. The Labute approximate surface area is 639 Å². The second kappa shape index (κ2) is 49.9. The van der Waals surface area contributed by atoms with Gasteiger partial charge >= 0.3 is 18.2 Å². The number of aliphatic hydroxyl groups is 1. The van der Waals surface area contributed by atoms with Gasteiger partial charge in [0, 0.05) is 60.1 Å². The predicted octanol–water partition coefficient (Wildman–Crippen LogP) is 6.66. The molecule has 30 heteroatoms. The maximum atomic E-state index is 14.9. The standard InChI is InChI=1S/C78H127N11O19/c1-15-53(8)68(62(101-13)48-64(91)89-39-25-31-61(89)70(102-14)54(9)71(93)82-55(10)69(92)57-26-20-19-21-27-57)87(11)75(97)66(51(4)5)86-74(96)67(52(6)7)88(12)78(100)107-49-56-32-34-58(35-33-56)83-72(94)60(30-24-37-80-76(79)98)84-73(95)65(50(2)3)85-63(90)36-40-103-42-44-105-46-47-106-45-43-104-41-38-81-77(99)108-59-28-22-17-16-18-23-29-59/h16-17,19-21,26-27,32-35,50-55,59-62,65-70,92H,15,18,22-25,28-31,36-49H2,1-14H3,(H,81,99)(H,82,93)(H,83,94)(H,84,95)(H,85,90)(H,86,96)(H3,79,80,98)/b17-16+/t53-,54+,55-,59?,60+,61+,62+,65-,66?,67+,68?,69-,70-/m1/s1. The maximum absolute atomic E-state index is 14.9. The molecule has 108 heavy (non-hydrogen) atoms. The number of ether oxygens (including phenoxy) is 8. The van der Waals surface area contributed by atoms with Gasteiger partial charge in [0.2, 0.25) is 41.4 Å². The Balaban J connectivity index is 1.26. The number of allylic oxidation sites excluding steroid dienone is 2. The number of methoxy groups -OCH3 is 2. The first kappa shape index (κ1) is 92.4. The molecule has 2 aromatic carbocycles. The highest BCUT2D eigenvalue weighted by Crippen LogP contribution is 2.31. The third kappa shape index (κ3) is 31.9. The fourth-order valence-electron chi connectivity index (χ4n) is 13.3. The van der Waals surface area contributed by atoms with E-state index in [4.69, 9.17) is 43.6 Å². The van der Waals surface area contributed by atoms with E-state index in [1.165, 1.54) is 26.2 Å². The molecule has 1 heterocycles. The number of urea groups is 1. The Kier molecular flexibility index (Phi) is 42.7. The molecule has 13 atom stereocenters. The van der Waals surface area contributed by atoms with Crippen molar-refractivity contribution < 1.29 is 90.9 Å². The number of hydrogen-bond acceptors (Lipinski definition) is 19. The van der Waals surface area contributed by atoms with Crippen LogP contribution >= 0.6 is 0 Å². The zero-order chi connectivity index (χ0) is 79.8. The highest BCUT2D eigenvalue weighted by molar-refractivity contribution is 5.98. The number of rotatable bonds is 48. The number of alkyl carbamates (subject to hydrolysis) is 1. The molecular weight excluding hydrogens is 1390 g/mol. The number of benzene rings is 2. The molecule has 10 N–H and O–H groups in total. The molecule has 608 valence electrons. The number of carbonyl (C=O) groups is 10. The van der Waals surface area contributed by atoms with E-state index >= 15 is 0 Å². The van der Waals surface area contributed by atoms with Gasteiger partial charge in [-0.3, -0.25) is 38.5 Å². The van der Waals surface area contributed by atoms with Gasteiger partial charge in [-0.15, -0.1) is 0 Å². The summed E-state index contributed by atoms with van der Waals surface area (Å²) in [5, 5.41) is 30.4. The Morgan fingerprint density at radius 1 is 0.639 bits per heavy atom. The van der Waals surface area contributed by atoms with E-state index in [0.29, 0.717) is 82.2 Å². The van der Waals surface area contributed by atoms with Crippen LogP contribution < -0.4 is 43.0 Å². The molecule has 0 bridgehead atoms. The second-order valence-corrected chi connectivity index (χ2v) is 28.9. The molecule has 0 radical (unpaired) electrons. The van der Waals surface area contributed by atoms with Gasteiger partial charge in [-0.25, -0.2) is 14.4 Å². The zero-order valence-corrected chi connectivity index (χ0v) is 66.3. The first-order chi connectivity index (χ1) is 51.5. The van der Waals surface area contributed by atoms with Crippen molar-refractivity contribution in [1.82, 2.24) is 46.6 Å². The number of amides is 11. The van der Waals surface area contributed by atoms with E-state index in [1.54, 1.807) is 109 Å². The van der Waals surface area contributed by atoms with Crippen molar-refractivity contribution >= 4 is 65.3 Å². The summed E-state index contributed by atoms with van der Waals surface area (Å²) in [6.07, 6.45) is 7.21. The van der Waals surface area contributed by atoms with Gasteiger partial charge in [-0.2, -0.15) is 0 Å². The Hall–Kier alpha value is -8.00. The van der Waals surface area contributed by atoms with Crippen LogP contribution in [0.25, 0.3) is 0 Å². The van der Waals surface area contributed by atoms with E-state index in [1.807, 2.05) is 32.0 Å². The number of aliphatic hydroxyl groups excluding tert-OH is 1. The monoisotopic (exact) mass is 1520 g/mol. The Morgan fingerprint density at radius 3 is 1.87 bits per heavy atom. The number of hydrogen-bond donors (Lipinski definition) is 9. The number of anilines is 1. The minimum Gasteiger partial charge on any atom is -0.446 e. The van der Waals surface area contributed by atoms with Crippen LogP contribution in [0.4, 0.5) is 20.1 Å². The number of likely N-dealkylation sites (tertiary alicyclic amines) is 1. The third-order valence-electron chi connectivity index (χ3n) is 19.6. The molecule has 1 saturated heterocycles. The fraction of sp³-hybridized carbons (Fsp3) is 0.692. The summed E-state index contributed by atoms with van der Waals surface area (Å²) in [6, 6.07) is 8.72. The summed E-state index contributed by atoms with van der Waals surface area (Å²) in [5.74, 6) is -5.36. The lowest BCUT2D eigenvalue weighted by Crippen LogP contribution is -2.60. The summed E-state index contributed by atoms with van der Waals surface area (Å²) < 4.78 is 45.5. The van der Waals surface area contributed by atoms with Crippen molar-refractivity contribution in [2.75, 3.05) is 106 Å². The average Bonchev–Trinajstić information content (AvgIpc) is 1.48. The SMILES string of the molecule is CC[C@@H](C)C([C@H](CC(=O)N1CCC[C@H]1[C@H](OC)[C@H](C)C(=O)N[C@H](C)[C@@H](O)c1ccccc1)OC)N(C)C(=O)C(NC(=O)[C@H](C(C)C)N(C)C(=O)OCc1ccc(NC(=O)[C@H](CCCNC(N)=O)NC(=O)[C@H](NC(=O)CCOCCOCCOCCOCCNC(=O)OC2CC/C=C/CCC2)C(C)C)cc1)C(C)C. The van der Waals surface area contributed by atoms with Crippen molar-refractivity contribution in [3.63, 3.8) is 0 Å². The summed E-state index contributed by atoms with van der Waals surface area (Å²) in [7, 11) is 6.09. The normalized spacial score (nSPS) is 17.9. The van der Waals surface area contributed by atoms with E-state index in [-0.39, 0.29) is 88.4 Å². The van der Waals surface area contributed by atoms with Gasteiger partial charge in [0.05, 0.1) is 102 Å². The number of nitrogens with one attached hydrogen (secondary N) is 7. The number of likely N-dealkylation sites (N-methyl/N-ethyl adjacent to an activating group) is 2. The van der Waals surface area contributed by atoms with Gasteiger partial charge in [0.25, 0.3) is 0 Å². The fourth-order valence-corrected chi connectivity index (χ4v) is 13.3. The summed E-state index contributed by atoms with van der Waals surface area (Å²) in [6.45, 7) is 20.9. The number of nitrogens with zero attached hydrogens (tertiary/aromatic N) is 3. The summed E-state index contributed by atoms with van der Waals surface area (Å²) in [4.78, 5) is 140. The van der Waals surface area contributed by atoms with Gasteiger partial charge in [0.15, 0.2) is 0 Å². The van der Waals surface area contributed by atoms with Crippen LogP contribution in [0.3, 0.4) is 0 Å². The topological polar surface area (TPSA) is 385 Å². The highest BCUT2D eigenvalue weighted by atomic mass is 16.6. The molecule has 1 aliphatic carbocycles. The molecule has 3 unspecified atom stereocenters. The van der Waals surface area contributed by atoms with E-state index in [0.717, 1.165) is 32.1 Å². The zero-order valence-electron chi connectivity index (χ0n) is 66.3. The molecule has 4 rings (SSSR count). The summed E-state index contributed by atoms with van der Waals surface area (Å²) in [5.41, 5.74) is 6.80. The second-order valence-electron chi connectivity index (χ2n) is 28.9. The largest absolute Gasteiger partial charge is 0.446 e. The van der Waals surface area contributed by atoms with Crippen LogP contribution in [0.1, 0.15) is 164 Å². The maximum Gasteiger partial charge on any atom is 0.410 e. The minimum absolute atomic E-state index is 0.0538. The van der Waals surface area contributed by atoms with E-state index < -0.39 is 126 Å². The molecule has 0 saturated carbocycles. The van der Waals surface area contributed by atoms with E-state index in [2.05, 4.69) is 49.4 Å². The molecule has 30 nitrogen and oxygen atoms in total. The lowest BCUT2D eigenvalue weighted by atomic mass is 9.89. The first-order valence-corrected chi connectivity index (χ1v) is 38.3. The average molecular weight is 1520 g/mol. The highest BCUT2D eigenvalue weighted by Gasteiger charge is 2.44. The molecule has 2 aliphatic rings. The molecule has 1 aliphatic heterocycles. The minimum atomic E-state index is -1.12. The summed E-state index contributed by atoms with van der Waals surface area (Å²) >= 11 is 0. The van der Waals surface area contributed by atoms with Gasteiger partial charge in [-0.05, 0) is 112 Å². The van der Waals surface area contributed by atoms with Crippen LogP contribution in [0, 0.1) is 29.6 Å².